The standard InChI is InChI=1S/C17H21N3O/c1-3-20(4-2)15-10-11-18-16(12-15)17(21)19-13-14-8-6-5-7-9-14/h5-12H,3-4,13H2,1-2H3,(H,19,21). The molecule has 0 saturated carbocycles. The third kappa shape index (κ3) is 4.05. The van der Waals surface area contributed by atoms with Gasteiger partial charge < -0.3 is 10.2 Å². The van der Waals surface area contributed by atoms with Crippen molar-refractivity contribution in [1.29, 1.82) is 0 Å². The van der Waals surface area contributed by atoms with Gasteiger partial charge in [-0.05, 0) is 31.5 Å². The van der Waals surface area contributed by atoms with Crippen molar-refractivity contribution < 1.29 is 4.79 Å². The lowest BCUT2D eigenvalue weighted by molar-refractivity contribution is 0.0946. The topological polar surface area (TPSA) is 45.2 Å². The summed E-state index contributed by atoms with van der Waals surface area (Å²) in [5.74, 6) is -0.146. The zero-order chi connectivity index (χ0) is 15.1. The molecule has 0 atom stereocenters. The fraction of sp³-hybridized carbons (Fsp3) is 0.294. The minimum Gasteiger partial charge on any atom is -0.372 e. The van der Waals surface area contributed by atoms with Crippen LogP contribution in [0, 0.1) is 0 Å². The van der Waals surface area contributed by atoms with Gasteiger partial charge in [-0.3, -0.25) is 9.78 Å². The molecule has 0 fully saturated rings. The number of carbonyl (C=O) groups excluding carboxylic acids is 1. The third-order valence-electron chi connectivity index (χ3n) is 3.40. The minimum absolute atomic E-state index is 0.146. The molecule has 1 heterocycles. The average Bonchev–Trinajstić information content (AvgIpc) is 2.55. The number of hydrogen-bond donors (Lipinski definition) is 1. The number of carbonyl (C=O) groups is 1. The largest absolute Gasteiger partial charge is 0.372 e. The summed E-state index contributed by atoms with van der Waals surface area (Å²) in [6.07, 6.45) is 1.69. The Labute approximate surface area is 125 Å². The molecular formula is C17H21N3O. The fourth-order valence-electron chi connectivity index (χ4n) is 2.20. The van der Waals surface area contributed by atoms with E-state index in [-0.39, 0.29) is 5.91 Å². The summed E-state index contributed by atoms with van der Waals surface area (Å²) in [7, 11) is 0. The van der Waals surface area contributed by atoms with Gasteiger partial charge in [-0.1, -0.05) is 30.3 Å². The molecule has 21 heavy (non-hydrogen) atoms. The first kappa shape index (κ1) is 15.0. The number of hydrogen-bond acceptors (Lipinski definition) is 3. The molecule has 0 bridgehead atoms. The Hall–Kier alpha value is -2.36. The molecule has 0 unspecified atom stereocenters. The van der Waals surface area contributed by atoms with Crippen molar-refractivity contribution in [3.05, 3.63) is 59.9 Å². The number of pyridine rings is 1. The van der Waals surface area contributed by atoms with Gasteiger partial charge in [0.1, 0.15) is 5.69 Å². The second-order valence-electron chi connectivity index (χ2n) is 4.74. The highest BCUT2D eigenvalue weighted by Crippen LogP contribution is 2.14. The summed E-state index contributed by atoms with van der Waals surface area (Å²) >= 11 is 0. The average molecular weight is 283 g/mol. The van der Waals surface area contributed by atoms with Crippen molar-refractivity contribution in [2.75, 3.05) is 18.0 Å². The Balaban J connectivity index is 2.04. The predicted molar refractivity (Wildman–Crippen MR) is 85.4 cm³/mol. The highest BCUT2D eigenvalue weighted by Gasteiger charge is 2.09. The maximum atomic E-state index is 12.2. The fourth-order valence-corrected chi connectivity index (χ4v) is 2.20. The van der Waals surface area contributed by atoms with Gasteiger partial charge in [-0.25, -0.2) is 0 Å². The van der Waals surface area contributed by atoms with E-state index in [2.05, 4.69) is 29.0 Å². The molecule has 0 spiro atoms. The first-order chi connectivity index (χ1) is 10.2. The molecule has 4 nitrogen and oxygen atoms in total. The maximum absolute atomic E-state index is 12.2. The van der Waals surface area contributed by atoms with Gasteiger partial charge in [-0.15, -0.1) is 0 Å². The summed E-state index contributed by atoms with van der Waals surface area (Å²) in [5.41, 5.74) is 2.56. The third-order valence-corrected chi connectivity index (χ3v) is 3.40. The SMILES string of the molecule is CCN(CC)c1ccnc(C(=O)NCc2ccccc2)c1. The van der Waals surface area contributed by atoms with E-state index >= 15 is 0 Å². The van der Waals surface area contributed by atoms with E-state index in [0.717, 1.165) is 24.3 Å². The molecule has 1 N–H and O–H groups in total. The van der Waals surface area contributed by atoms with Gasteiger partial charge in [0, 0.05) is 31.5 Å². The molecule has 2 rings (SSSR count). The van der Waals surface area contributed by atoms with Crippen molar-refractivity contribution in [2.45, 2.75) is 20.4 Å². The van der Waals surface area contributed by atoms with Crippen molar-refractivity contribution in [2.24, 2.45) is 0 Å². The number of anilines is 1. The molecule has 0 aliphatic rings. The minimum atomic E-state index is -0.146. The Kier molecular flexibility index (Phi) is 5.32. The predicted octanol–water partition coefficient (Wildman–Crippen LogP) is 2.86. The van der Waals surface area contributed by atoms with Gasteiger partial charge in [0.2, 0.25) is 0 Å². The lowest BCUT2D eigenvalue weighted by atomic mass is 10.2. The number of rotatable bonds is 6. The Morgan fingerprint density at radius 2 is 1.86 bits per heavy atom. The van der Waals surface area contributed by atoms with Crippen LogP contribution >= 0.6 is 0 Å². The molecule has 0 saturated heterocycles. The summed E-state index contributed by atoms with van der Waals surface area (Å²) in [5, 5.41) is 2.90. The van der Waals surface area contributed by atoms with E-state index in [1.165, 1.54) is 0 Å². The summed E-state index contributed by atoms with van der Waals surface area (Å²) < 4.78 is 0. The Morgan fingerprint density at radius 3 is 2.52 bits per heavy atom. The van der Waals surface area contributed by atoms with Crippen LogP contribution in [0.2, 0.25) is 0 Å². The van der Waals surface area contributed by atoms with E-state index in [1.807, 2.05) is 42.5 Å². The second kappa shape index (κ2) is 7.43. The molecule has 0 aliphatic carbocycles. The zero-order valence-electron chi connectivity index (χ0n) is 12.5. The molecule has 2 aromatic rings. The number of nitrogens with zero attached hydrogens (tertiary/aromatic N) is 2. The highest BCUT2D eigenvalue weighted by molar-refractivity contribution is 5.93. The molecule has 110 valence electrons. The van der Waals surface area contributed by atoms with Crippen molar-refractivity contribution >= 4 is 11.6 Å². The molecule has 4 heteroatoms. The van der Waals surface area contributed by atoms with E-state index < -0.39 is 0 Å². The van der Waals surface area contributed by atoms with E-state index in [4.69, 9.17) is 0 Å². The van der Waals surface area contributed by atoms with Crippen LogP contribution in [0.25, 0.3) is 0 Å². The van der Waals surface area contributed by atoms with Gasteiger partial charge in [0.25, 0.3) is 5.91 Å². The van der Waals surface area contributed by atoms with E-state index in [9.17, 15) is 4.79 Å². The zero-order valence-corrected chi connectivity index (χ0v) is 12.5. The molecule has 1 aromatic carbocycles. The van der Waals surface area contributed by atoms with Crippen LogP contribution in [-0.4, -0.2) is 24.0 Å². The van der Waals surface area contributed by atoms with E-state index in [0.29, 0.717) is 12.2 Å². The van der Waals surface area contributed by atoms with Crippen molar-refractivity contribution in [1.82, 2.24) is 10.3 Å². The van der Waals surface area contributed by atoms with Crippen LogP contribution in [0.5, 0.6) is 0 Å². The van der Waals surface area contributed by atoms with Gasteiger partial charge in [0.15, 0.2) is 0 Å². The van der Waals surface area contributed by atoms with Crippen LogP contribution in [0.4, 0.5) is 5.69 Å². The van der Waals surface area contributed by atoms with Gasteiger partial charge in [-0.2, -0.15) is 0 Å². The van der Waals surface area contributed by atoms with Crippen molar-refractivity contribution in [3.63, 3.8) is 0 Å². The first-order valence-electron chi connectivity index (χ1n) is 7.27. The van der Waals surface area contributed by atoms with Gasteiger partial charge >= 0.3 is 0 Å². The van der Waals surface area contributed by atoms with Crippen LogP contribution in [-0.2, 0) is 6.54 Å². The van der Waals surface area contributed by atoms with Crippen molar-refractivity contribution in [3.8, 4) is 0 Å². The molecule has 1 aromatic heterocycles. The second-order valence-corrected chi connectivity index (χ2v) is 4.74. The normalized spacial score (nSPS) is 10.2. The molecule has 0 aliphatic heterocycles. The van der Waals surface area contributed by atoms with Crippen LogP contribution in [0.15, 0.2) is 48.7 Å². The van der Waals surface area contributed by atoms with Crippen LogP contribution in [0.1, 0.15) is 29.9 Å². The quantitative estimate of drug-likeness (QED) is 0.886. The highest BCUT2D eigenvalue weighted by atomic mass is 16.1. The van der Waals surface area contributed by atoms with Crippen LogP contribution in [0.3, 0.4) is 0 Å². The smallest absolute Gasteiger partial charge is 0.270 e. The lowest BCUT2D eigenvalue weighted by Gasteiger charge is -2.21. The molecular weight excluding hydrogens is 262 g/mol. The number of nitrogens with one attached hydrogen (secondary N) is 1. The van der Waals surface area contributed by atoms with Gasteiger partial charge in [0.05, 0.1) is 0 Å². The maximum Gasteiger partial charge on any atom is 0.270 e. The number of amides is 1. The lowest BCUT2D eigenvalue weighted by Crippen LogP contribution is -2.25. The van der Waals surface area contributed by atoms with Crippen LogP contribution < -0.4 is 10.2 Å². The Bertz CT molecular complexity index is 580. The first-order valence-corrected chi connectivity index (χ1v) is 7.27. The summed E-state index contributed by atoms with van der Waals surface area (Å²) in [6.45, 7) is 6.52. The van der Waals surface area contributed by atoms with E-state index in [1.54, 1.807) is 6.20 Å². The Morgan fingerprint density at radius 1 is 1.14 bits per heavy atom. The monoisotopic (exact) mass is 283 g/mol. The number of benzene rings is 1. The summed E-state index contributed by atoms with van der Waals surface area (Å²) in [6, 6.07) is 13.6. The number of aromatic nitrogens is 1. The molecule has 1 amide bonds. The molecule has 0 radical (unpaired) electrons. The summed E-state index contributed by atoms with van der Waals surface area (Å²) in [4.78, 5) is 18.5.